The molecule has 0 bridgehead atoms. The third-order valence-electron chi connectivity index (χ3n) is 6.34. The third kappa shape index (κ3) is 7.04. The Labute approximate surface area is 228 Å². The number of amides is 2. The molecule has 13 heteroatoms. The van der Waals surface area contributed by atoms with Crippen LogP contribution in [-0.4, -0.2) is 63.3 Å². The Hall–Kier alpha value is -4.22. The van der Waals surface area contributed by atoms with E-state index in [9.17, 15) is 29.2 Å². The molecule has 40 heavy (non-hydrogen) atoms. The second kappa shape index (κ2) is 12.3. The lowest BCUT2D eigenvalue weighted by Crippen LogP contribution is -2.53. The number of aliphatic hydroxyl groups is 1. The van der Waals surface area contributed by atoms with Gasteiger partial charge in [0.1, 0.15) is 24.4 Å². The average Bonchev–Trinajstić information content (AvgIpc) is 3.23. The van der Waals surface area contributed by atoms with Crippen LogP contribution >= 0.6 is 7.82 Å². The van der Waals surface area contributed by atoms with Crippen LogP contribution in [0.5, 0.6) is 5.75 Å². The van der Waals surface area contributed by atoms with Gasteiger partial charge in [0.15, 0.2) is 0 Å². The van der Waals surface area contributed by atoms with E-state index in [1.54, 1.807) is 0 Å². The fourth-order valence-corrected chi connectivity index (χ4v) is 4.91. The lowest BCUT2D eigenvalue weighted by molar-refractivity contribution is -0.143. The van der Waals surface area contributed by atoms with Crippen LogP contribution in [0.15, 0.2) is 72.8 Å². The SMILES string of the molecule is O=C(N[C@@H](Cc1ccc(OP(=O)(O)O)cc1)C(=O)N[C@@H](CO)C(=O)O)OCC1c2ccccc2-c2ccccc21. The van der Waals surface area contributed by atoms with Crippen molar-refractivity contribution in [3.63, 3.8) is 0 Å². The zero-order chi connectivity index (χ0) is 28.9. The molecule has 3 aromatic carbocycles. The number of benzene rings is 3. The molecule has 2 atom stereocenters. The molecule has 0 spiro atoms. The minimum Gasteiger partial charge on any atom is -0.480 e. The Kier molecular flexibility index (Phi) is 8.86. The van der Waals surface area contributed by atoms with Crippen molar-refractivity contribution in [3.05, 3.63) is 89.5 Å². The van der Waals surface area contributed by atoms with Gasteiger partial charge in [0.05, 0.1) is 6.61 Å². The molecule has 0 fully saturated rings. The van der Waals surface area contributed by atoms with E-state index in [-0.39, 0.29) is 24.7 Å². The number of ether oxygens (including phenoxy) is 1. The van der Waals surface area contributed by atoms with Crippen molar-refractivity contribution < 1.29 is 48.2 Å². The summed E-state index contributed by atoms with van der Waals surface area (Å²) in [7, 11) is -4.77. The second-order valence-electron chi connectivity index (χ2n) is 9.03. The first-order chi connectivity index (χ1) is 19.1. The minimum atomic E-state index is -4.77. The number of fused-ring (bicyclic) bond motifs is 3. The number of aliphatic carboxylic acids is 1. The van der Waals surface area contributed by atoms with Gasteiger partial charge in [-0.2, -0.15) is 0 Å². The summed E-state index contributed by atoms with van der Waals surface area (Å²) in [4.78, 5) is 55.0. The molecule has 6 N–H and O–H groups in total. The first kappa shape index (κ1) is 28.8. The van der Waals surface area contributed by atoms with Crippen LogP contribution in [0, 0.1) is 0 Å². The lowest BCUT2D eigenvalue weighted by Gasteiger charge is -2.21. The Morgan fingerprint density at radius 3 is 1.95 bits per heavy atom. The molecule has 210 valence electrons. The summed E-state index contributed by atoms with van der Waals surface area (Å²) >= 11 is 0. The van der Waals surface area contributed by atoms with E-state index < -0.39 is 44.5 Å². The molecule has 1 aliphatic carbocycles. The molecule has 0 saturated carbocycles. The van der Waals surface area contributed by atoms with Crippen LogP contribution in [0.3, 0.4) is 0 Å². The number of phosphoric acid groups is 1. The summed E-state index contributed by atoms with van der Waals surface area (Å²) in [5.74, 6) is -2.69. The lowest BCUT2D eigenvalue weighted by atomic mass is 9.98. The van der Waals surface area contributed by atoms with Crippen LogP contribution in [-0.2, 0) is 25.3 Å². The maximum Gasteiger partial charge on any atom is 0.524 e. The van der Waals surface area contributed by atoms with E-state index in [1.807, 2.05) is 48.5 Å². The topological polar surface area (TPSA) is 192 Å². The number of hydrogen-bond acceptors (Lipinski definition) is 7. The Balaban J connectivity index is 1.47. The van der Waals surface area contributed by atoms with Crippen molar-refractivity contribution in [3.8, 4) is 16.9 Å². The highest BCUT2D eigenvalue weighted by atomic mass is 31.2. The number of rotatable bonds is 11. The molecular weight excluding hydrogens is 543 g/mol. The molecule has 0 saturated heterocycles. The molecule has 3 aromatic rings. The minimum absolute atomic E-state index is 0.0169. The standard InChI is InChI=1S/C27H27N2O10P/c30-14-24(26(32)33)28-25(31)23(13-16-9-11-17(12-10-16)39-40(35,36)37)29-27(34)38-15-22-20-7-3-1-5-18(20)19-6-2-4-8-21(19)22/h1-12,22-24,30H,13-15H2,(H,28,31)(H,29,34)(H,32,33)(H2,35,36,37)/t23-,24-/m0/s1. The number of hydrogen-bond donors (Lipinski definition) is 6. The van der Waals surface area contributed by atoms with Gasteiger partial charge in [0, 0.05) is 12.3 Å². The van der Waals surface area contributed by atoms with Gasteiger partial charge in [-0.25, -0.2) is 14.2 Å². The predicted octanol–water partition coefficient (Wildman–Crippen LogP) is 2.17. The van der Waals surface area contributed by atoms with Crippen molar-refractivity contribution in [2.75, 3.05) is 13.2 Å². The highest BCUT2D eigenvalue weighted by Gasteiger charge is 2.31. The quantitative estimate of drug-likeness (QED) is 0.186. The van der Waals surface area contributed by atoms with E-state index in [1.165, 1.54) is 24.3 Å². The van der Waals surface area contributed by atoms with E-state index >= 15 is 0 Å². The van der Waals surface area contributed by atoms with E-state index in [4.69, 9.17) is 14.5 Å². The summed E-state index contributed by atoms with van der Waals surface area (Å²) in [6.07, 6.45) is -1.05. The van der Waals surface area contributed by atoms with Gasteiger partial charge in [-0.3, -0.25) is 14.6 Å². The van der Waals surface area contributed by atoms with Crippen LogP contribution in [0.1, 0.15) is 22.6 Å². The summed E-state index contributed by atoms with van der Waals surface area (Å²) in [5.41, 5.74) is 4.53. The number of carbonyl (C=O) groups is 3. The van der Waals surface area contributed by atoms with E-state index in [0.717, 1.165) is 22.3 Å². The molecule has 0 aromatic heterocycles. The smallest absolute Gasteiger partial charge is 0.480 e. The molecule has 12 nitrogen and oxygen atoms in total. The molecular formula is C27H27N2O10P. The summed E-state index contributed by atoms with van der Waals surface area (Å²) in [6.45, 7) is -0.885. The summed E-state index contributed by atoms with van der Waals surface area (Å²) < 4.78 is 21.1. The average molecular weight is 570 g/mol. The van der Waals surface area contributed by atoms with Crippen LogP contribution in [0.2, 0.25) is 0 Å². The largest absolute Gasteiger partial charge is 0.524 e. The summed E-state index contributed by atoms with van der Waals surface area (Å²) in [5, 5.41) is 23.1. The van der Waals surface area contributed by atoms with Gasteiger partial charge < -0.3 is 30.1 Å². The van der Waals surface area contributed by atoms with Gasteiger partial charge >= 0.3 is 19.9 Å². The van der Waals surface area contributed by atoms with Crippen molar-refractivity contribution >= 4 is 25.8 Å². The van der Waals surface area contributed by atoms with Crippen LogP contribution < -0.4 is 15.2 Å². The van der Waals surface area contributed by atoms with Gasteiger partial charge in [-0.05, 0) is 39.9 Å². The Morgan fingerprint density at radius 2 is 1.43 bits per heavy atom. The van der Waals surface area contributed by atoms with Gasteiger partial charge in [-0.15, -0.1) is 0 Å². The number of carboxylic acids is 1. The van der Waals surface area contributed by atoms with Gasteiger partial charge in [0.25, 0.3) is 0 Å². The Morgan fingerprint density at radius 1 is 0.850 bits per heavy atom. The van der Waals surface area contributed by atoms with Gasteiger partial charge in [-0.1, -0.05) is 60.7 Å². The predicted molar refractivity (Wildman–Crippen MR) is 141 cm³/mol. The number of aliphatic hydroxyl groups excluding tert-OH is 1. The van der Waals surface area contributed by atoms with Crippen molar-refractivity contribution in [2.45, 2.75) is 24.4 Å². The maximum atomic E-state index is 12.9. The number of nitrogens with one attached hydrogen (secondary N) is 2. The Bertz CT molecular complexity index is 1390. The van der Waals surface area contributed by atoms with Gasteiger partial charge in [0.2, 0.25) is 5.91 Å². The van der Waals surface area contributed by atoms with Crippen molar-refractivity contribution in [1.29, 1.82) is 0 Å². The second-order valence-corrected chi connectivity index (χ2v) is 10.2. The molecule has 2 amide bonds. The maximum absolute atomic E-state index is 12.9. The highest BCUT2D eigenvalue weighted by Crippen LogP contribution is 2.44. The fraction of sp³-hybridized carbons (Fsp3) is 0.222. The number of carbonyl (C=O) groups excluding carboxylic acids is 2. The first-order valence-electron chi connectivity index (χ1n) is 12.2. The van der Waals surface area contributed by atoms with Crippen LogP contribution in [0.4, 0.5) is 4.79 Å². The zero-order valence-electron chi connectivity index (χ0n) is 21.0. The van der Waals surface area contributed by atoms with Crippen molar-refractivity contribution in [1.82, 2.24) is 10.6 Å². The number of alkyl carbamates (subject to hydrolysis) is 1. The first-order valence-corrected chi connectivity index (χ1v) is 13.7. The van der Waals surface area contributed by atoms with Crippen LogP contribution in [0.25, 0.3) is 11.1 Å². The van der Waals surface area contributed by atoms with E-state index in [0.29, 0.717) is 5.56 Å². The normalized spacial score (nSPS) is 13.9. The fourth-order valence-electron chi connectivity index (χ4n) is 4.51. The van der Waals surface area contributed by atoms with E-state index in [2.05, 4.69) is 15.2 Å². The molecule has 4 rings (SSSR count). The zero-order valence-corrected chi connectivity index (χ0v) is 21.9. The molecule has 0 heterocycles. The molecule has 0 unspecified atom stereocenters. The molecule has 0 radical (unpaired) electrons. The van der Waals surface area contributed by atoms with Crippen molar-refractivity contribution in [2.24, 2.45) is 0 Å². The monoisotopic (exact) mass is 570 g/mol. The third-order valence-corrected chi connectivity index (χ3v) is 6.79. The molecule has 1 aliphatic rings. The molecule has 0 aliphatic heterocycles. The summed E-state index contributed by atoms with van der Waals surface area (Å²) in [6, 6.07) is 18.0. The highest BCUT2D eigenvalue weighted by molar-refractivity contribution is 7.46. The number of phosphoric ester groups is 1. The number of carboxylic acid groups (broad SMARTS) is 1.